The Morgan fingerprint density at radius 1 is 1.21 bits per heavy atom. The Bertz CT molecular complexity index is 329. The van der Waals surface area contributed by atoms with Crippen molar-refractivity contribution < 1.29 is 0 Å². The minimum Gasteiger partial charge on any atom is -0.365 e. The first-order chi connectivity index (χ1) is 9.26. The lowest BCUT2D eigenvalue weighted by Gasteiger charge is -2.33. The number of nitrogens with zero attached hydrogens (tertiary/aromatic N) is 1. The van der Waals surface area contributed by atoms with Gasteiger partial charge in [-0.1, -0.05) is 25.6 Å². The lowest BCUT2D eigenvalue weighted by atomic mass is 9.84. The third-order valence-electron chi connectivity index (χ3n) is 5.52. The molecule has 0 amide bonds. The van der Waals surface area contributed by atoms with Crippen molar-refractivity contribution in [1.29, 1.82) is 0 Å². The third-order valence-corrected chi connectivity index (χ3v) is 6.82. The average molecular weight is 280 g/mol. The molecule has 0 spiro atoms. The van der Waals surface area contributed by atoms with Gasteiger partial charge in [-0.05, 0) is 61.7 Å². The van der Waals surface area contributed by atoms with Gasteiger partial charge in [-0.2, -0.15) is 0 Å². The van der Waals surface area contributed by atoms with Crippen LogP contribution in [0.15, 0.2) is 4.99 Å². The molecular formula is C16H28N2S. The zero-order valence-corrected chi connectivity index (χ0v) is 13.3. The highest BCUT2D eigenvalue weighted by Gasteiger charge is 2.41. The molecule has 0 aromatic rings. The van der Waals surface area contributed by atoms with Crippen LogP contribution >= 0.6 is 11.8 Å². The summed E-state index contributed by atoms with van der Waals surface area (Å²) in [4.78, 5) is 4.82. The number of nitrogens with one attached hydrogen (secondary N) is 1. The first-order valence-electron chi connectivity index (χ1n) is 8.17. The van der Waals surface area contributed by atoms with Crippen LogP contribution in [0.5, 0.6) is 0 Å². The van der Waals surface area contributed by atoms with Crippen molar-refractivity contribution in [3.05, 3.63) is 0 Å². The molecule has 2 aliphatic carbocycles. The summed E-state index contributed by atoms with van der Waals surface area (Å²) in [6.07, 6.45) is 8.46. The fourth-order valence-electron chi connectivity index (χ4n) is 3.31. The molecule has 0 unspecified atom stereocenters. The minimum atomic E-state index is 0.474. The molecule has 108 valence electrons. The molecule has 2 saturated carbocycles. The van der Waals surface area contributed by atoms with Crippen molar-refractivity contribution in [2.45, 2.75) is 52.4 Å². The van der Waals surface area contributed by atoms with Crippen LogP contribution in [0, 0.1) is 23.2 Å². The third kappa shape index (κ3) is 3.29. The van der Waals surface area contributed by atoms with Crippen LogP contribution < -0.4 is 5.32 Å². The second kappa shape index (κ2) is 5.67. The molecule has 3 heteroatoms. The number of aliphatic imine (C=N–C) groups is 1. The van der Waals surface area contributed by atoms with Crippen molar-refractivity contribution in [1.82, 2.24) is 5.32 Å². The highest BCUT2D eigenvalue weighted by atomic mass is 32.2. The zero-order chi connectivity index (χ0) is 13.3. The van der Waals surface area contributed by atoms with E-state index >= 15 is 0 Å². The normalized spacial score (nSPS) is 26.4. The van der Waals surface area contributed by atoms with Crippen molar-refractivity contribution in [2.24, 2.45) is 28.2 Å². The number of rotatable bonds is 6. The van der Waals surface area contributed by atoms with E-state index in [4.69, 9.17) is 4.99 Å². The van der Waals surface area contributed by atoms with Gasteiger partial charge in [0.15, 0.2) is 5.17 Å². The Morgan fingerprint density at radius 2 is 1.84 bits per heavy atom. The van der Waals surface area contributed by atoms with Gasteiger partial charge in [0.05, 0.1) is 0 Å². The van der Waals surface area contributed by atoms with E-state index in [1.807, 2.05) is 11.8 Å². The monoisotopic (exact) mass is 280 g/mol. The van der Waals surface area contributed by atoms with Crippen LogP contribution in [0.1, 0.15) is 52.4 Å². The lowest BCUT2D eigenvalue weighted by molar-refractivity contribution is 0.317. The number of thioether (sulfide) groups is 1. The summed E-state index contributed by atoms with van der Waals surface area (Å²) < 4.78 is 0. The number of amidine groups is 1. The molecule has 3 aliphatic rings. The van der Waals surface area contributed by atoms with E-state index in [-0.39, 0.29) is 0 Å². The molecule has 1 heterocycles. The molecule has 0 atom stereocenters. The highest BCUT2D eigenvalue weighted by molar-refractivity contribution is 8.13. The Kier molecular flexibility index (Phi) is 4.11. The molecule has 2 nitrogen and oxygen atoms in total. The molecule has 1 aliphatic heterocycles. The molecule has 2 fully saturated rings. The van der Waals surface area contributed by atoms with Crippen LogP contribution in [-0.2, 0) is 0 Å². The zero-order valence-electron chi connectivity index (χ0n) is 12.5. The fraction of sp³-hybridized carbons (Fsp3) is 0.938. The number of hydrogen-bond acceptors (Lipinski definition) is 3. The van der Waals surface area contributed by atoms with Crippen molar-refractivity contribution in [3.8, 4) is 0 Å². The molecule has 0 radical (unpaired) electrons. The molecule has 19 heavy (non-hydrogen) atoms. The maximum Gasteiger partial charge on any atom is 0.156 e. The summed E-state index contributed by atoms with van der Waals surface area (Å²) in [6.45, 7) is 6.85. The van der Waals surface area contributed by atoms with Crippen molar-refractivity contribution in [3.63, 3.8) is 0 Å². The molecular weight excluding hydrogens is 252 g/mol. The van der Waals surface area contributed by atoms with E-state index in [1.165, 1.54) is 56.0 Å². The van der Waals surface area contributed by atoms with Gasteiger partial charge in [0.1, 0.15) is 0 Å². The van der Waals surface area contributed by atoms with E-state index in [9.17, 15) is 0 Å². The predicted molar refractivity (Wildman–Crippen MR) is 84.7 cm³/mol. The summed E-state index contributed by atoms with van der Waals surface area (Å²) in [7, 11) is 0. The van der Waals surface area contributed by atoms with Crippen LogP contribution in [0.2, 0.25) is 0 Å². The first-order valence-corrected chi connectivity index (χ1v) is 9.16. The van der Waals surface area contributed by atoms with Crippen molar-refractivity contribution >= 4 is 16.9 Å². The first kappa shape index (κ1) is 13.8. The van der Waals surface area contributed by atoms with Gasteiger partial charge >= 0.3 is 0 Å². The van der Waals surface area contributed by atoms with Gasteiger partial charge in [0.2, 0.25) is 0 Å². The topological polar surface area (TPSA) is 24.4 Å². The molecule has 0 aromatic heterocycles. The standard InChI is InChI=1S/C16H28N2S/c1-3-16(4-2)10-18-15(19-11-16)17-9-14(12-5-6-12)13-7-8-13/h12-14H,3-11H2,1-2H3,(H,17,18). The molecule has 1 N–H and O–H groups in total. The smallest absolute Gasteiger partial charge is 0.156 e. The summed E-state index contributed by atoms with van der Waals surface area (Å²) in [5, 5.41) is 4.89. The summed E-state index contributed by atoms with van der Waals surface area (Å²) in [6, 6.07) is 0. The maximum atomic E-state index is 4.82. The van der Waals surface area contributed by atoms with Gasteiger partial charge in [-0.25, -0.2) is 0 Å². The molecule has 0 aromatic carbocycles. The SMILES string of the molecule is CCC1(CC)CN=C(NCC(C2CC2)C2CC2)SC1. The Balaban J connectivity index is 1.49. The second-order valence-corrected chi connectivity index (χ2v) is 7.80. The Morgan fingerprint density at radius 3 is 2.26 bits per heavy atom. The van der Waals surface area contributed by atoms with Gasteiger partial charge in [-0.15, -0.1) is 0 Å². The lowest BCUT2D eigenvalue weighted by Crippen LogP contribution is -2.36. The minimum absolute atomic E-state index is 0.474. The second-order valence-electron chi connectivity index (χ2n) is 6.84. The van der Waals surface area contributed by atoms with Crippen LogP contribution in [0.4, 0.5) is 0 Å². The Labute approximate surface area is 122 Å². The van der Waals surface area contributed by atoms with Gasteiger partial charge in [-0.3, -0.25) is 4.99 Å². The van der Waals surface area contributed by atoms with Crippen LogP contribution in [0.25, 0.3) is 0 Å². The molecule has 3 rings (SSSR count). The van der Waals surface area contributed by atoms with E-state index in [2.05, 4.69) is 19.2 Å². The average Bonchev–Trinajstić information content (AvgIpc) is 3.33. The van der Waals surface area contributed by atoms with E-state index < -0.39 is 0 Å². The van der Waals surface area contributed by atoms with E-state index in [0.717, 1.165) is 24.3 Å². The Hall–Kier alpha value is -0.180. The summed E-state index contributed by atoms with van der Waals surface area (Å²) >= 11 is 1.96. The van der Waals surface area contributed by atoms with Gasteiger partial charge < -0.3 is 5.32 Å². The predicted octanol–water partition coefficient (Wildman–Crippen LogP) is 3.92. The van der Waals surface area contributed by atoms with E-state index in [0.29, 0.717) is 5.41 Å². The van der Waals surface area contributed by atoms with Crippen LogP contribution in [0.3, 0.4) is 0 Å². The van der Waals surface area contributed by atoms with Gasteiger partial charge in [0, 0.05) is 18.8 Å². The van der Waals surface area contributed by atoms with Gasteiger partial charge in [0.25, 0.3) is 0 Å². The number of hydrogen-bond donors (Lipinski definition) is 1. The highest BCUT2D eigenvalue weighted by Crippen LogP contribution is 2.49. The molecule has 0 saturated heterocycles. The fourth-order valence-corrected chi connectivity index (χ4v) is 4.59. The van der Waals surface area contributed by atoms with Crippen LogP contribution in [-0.4, -0.2) is 24.0 Å². The molecule has 0 bridgehead atoms. The largest absolute Gasteiger partial charge is 0.365 e. The summed E-state index contributed by atoms with van der Waals surface area (Å²) in [5.74, 6) is 4.29. The summed E-state index contributed by atoms with van der Waals surface area (Å²) in [5.41, 5.74) is 0.474. The van der Waals surface area contributed by atoms with Crippen molar-refractivity contribution in [2.75, 3.05) is 18.8 Å². The maximum absolute atomic E-state index is 4.82. The van der Waals surface area contributed by atoms with E-state index in [1.54, 1.807) is 0 Å². The quantitative estimate of drug-likeness (QED) is 0.797.